The normalized spacial score (nSPS) is 25.7. The lowest BCUT2D eigenvalue weighted by atomic mass is 9.88. The smallest absolute Gasteiger partial charge is 0.137 e. The highest BCUT2D eigenvalue weighted by Gasteiger charge is 2.46. The Morgan fingerprint density at radius 3 is 2.95 bits per heavy atom. The van der Waals surface area contributed by atoms with Gasteiger partial charge in [-0.2, -0.15) is 5.10 Å². The van der Waals surface area contributed by atoms with Crippen LogP contribution in [-0.2, 0) is 10.3 Å². The molecule has 1 heterocycles. The van der Waals surface area contributed by atoms with Crippen molar-refractivity contribution in [2.45, 2.75) is 30.9 Å². The van der Waals surface area contributed by atoms with Crippen molar-refractivity contribution < 1.29 is 4.74 Å². The maximum absolute atomic E-state index is 6.26. The molecule has 0 spiro atoms. The first kappa shape index (κ1) is 13.1. The van der Waals surface area contributed by atoms with Gasteiger partial charge in [0.05, 0.1) is 12.6 Å². The fourth-order valence-electron chi connectivity index (χ4n) is 3.20. The number of hydrogen-bond acceptors (Lipinski definition) is 3. The monoisotopic (exact) mass is 269 g/mol. The third-order valence-corrected chi connectivity index (χ3v) is 4.04. The lowest BCUT2D eigenvalue weighted by Crippen LogP contribution is -2.36. The molecule has 0 bridgehead atoms. The van der Waals surface area contributed by atoms with Gasteiger partial charge in [-0.3, -0.25) is 0 Å². The Morgan fingerprint density at radius 2 is 2.25 bits per heavy atom. The Balaban J connectivity index is 2.02. The first-order valence-corrected chi connectivity index (χ1v) is 7.01. The minimum atomic E-state index is -0.330. The number of nitrogens with zero attached hydrogens (tertiary/aromatic N) is 3. The van der Waals surface area contributed by atoms with Crippen LogP contribution in [0.15, 0.2) is 55.6 Å². The lowest BCUT2D eigenvalue weighted by molar-refractivity contribution is -0.0638. The van der Waals surface area contributed by atoms with E-state index in [2.05, 4.69) is 40.9 Å². The van der Waals surface area contributed by atoms with E-state index >= 15 is 0 Å². The van der Waals surface area contributed by atoms with Crippen molar-refractivity contribution in [3.8, 4) is 0 Å². The van der Waals surface area contributed by atoms with Crippen LogP contribution in [0, 0.1) is 0 Å². The molecule has 3 rings (SSSR count). The van der Waals surface area contributed by atoms with Crippen LogP contribution >= 0.6 is 0 Å². The number of benzene rings is 1. The quantitative estimate of drug-likeness (QED) is 0.783. The Bertz CT molecular complexity index is 552. The molecular weight excluding hydrogens is 250 g/mol. The Morgan fingerprint density at radius 1 is 1.40 bits per heavy atom. The molecule has 20 heavy (non-hydrogen) atoms. The summed E-state index contributed by atoms with van der Waals surface area (Å²) >= 11 is 0. The SMILES string of the molecule is C=CCOC1(c2ccccc2)CCCC1n1cncn1. The third kappa shape index (κ3) is 2.16. The molecular formula is C16H19N3O. The molecule has 0 amide bonds. The van der Waals surface area contributed by atoms with Crippen LogP contribution in [0.25, 0.3) is 0 Å². The van der Waals surface area contributed by atoms with E-state index in [9.17, 15) is 0 Å². The number of ether oxygens (including phenoxy) is 1. The first-order chi connectivity index (χ1) is 9.87. The largest absolute Gasteiger partial charge is 0.364 e. The molecule has 1 aliphatic rings. The van der Waals surface area contributed by atoms with E-state index in [-0.39, 0.29) is 11.6 Å². The lowest BCUT2D eigenvalue weighted by Gasteiger charge is -2.35. The number of aromatic nitrogens is 3. The van der Waals surface area contributed by atoms with E-state index in [0.717, 1.165) is 19.3 Å². The van der Waals surface area contributed by atoms with Gasteiger partial charge in [0, 0.05) is 0 Å². The molecule has 2 atom stereocenters. The molecule has 4 heteroatoms. The summed E-state index contributed by atoms with van der Waals surface area (Å²) in [4.78, 5) is 4.08. The summed E-state index contributed by atoms with van der Waals surface area (Å²) in [7, 11) is 0. The number of hydrogen-bond donors (Lipinski definition) is 0. The summed E-state index contributed by atoms with van der Waals surface area (Å²) in [5.74, 6) is 0. The first-order valence-electron chi connectivity index (χ1n) is 7.01. The van der Waals surface area contributed by atoms with Gasteiger partial charge >= 0.3 is 0 Å². The van der Waals surface area contributed by atoms with Gasteiger partial charge in [0.15, 0.2) is 0 Å². The second-order valence-corrected chi connectivity index (χ2v) is 5.14. The maximum atomic E-state index is 6.26. The average molecular weight is 269 g/mol. The van der Waals surface area contributed by atoms with Crippen LogP contribution in [-0.4, -0.2) is 21.4 Å². The Kier molecular flexibility index (Phi) is 3.65. The predicted octanol–water partition coefficient (Wildman–Crippen LogP) is 3.10. The molecule has 2 unspecified atom stereocenters. The van der Waals surface area contributed by atoms with Crippen molar-refractivity contribution in [2.75, 3.05) is 6.61 Å². The van der Waals surface area contributed by atoms with Crippen LogP contribution in [0.5, 0.6) is 0 Å². The van der Waals surface area contributed by atoms with Gasteiger partial charge in [0.2, 0.25) is 0 Å². The Labute approximate surface area is 119 Å². The molecule has 1 saturated carbocycles. The molecule has 2 aromatic rings. The molecule has 0 saturated heterocycles. The molecule has 0 aliphatic heterocycles. The van der Waals surface area contributed by atoms with Crippen LogP contribution in [0.3, 0.4) is 0 Å². The molecule has 0 N–H and O–H groups in total. The van der Waals surface area contributed by atoms with Crippen molar-refractivity contribution in [3.05, 3.63) is 61.2 Å². The summed E-state index contributed by atoms with van der Waals surface area (Å²) in [5, 5.41) is 4.33. The van der Waals surface area contributed by atoms with E-state index in [1.807, 2.05) is 10.7 Å². The van der Waals surface area contributed by atoms with Crippen molar-refractivity contribution >= 4 is 0 Å². The fraction of sp³-hybridized carbons (Fsp3) is 0.375. The molecule has 4 nitrogen and oxygen atoms in total. The molecule has 0 radical (unpaired) electrons. The van der Waals surface area contributed by atoms with Crippen LogP contribution in [0.1, 0.15) is 30.9 Å². The van der Waals surface area contributed by atoms with Gasteiger partial charge in [-0.05, 0) is 24.8 Å². The van der Waals surface area contributed by atoms with Crippen LogP contribution in [0.4, 0.5) is 0 Å². The topological polar surface area (TPSA) is 39.9 Å². The molecule has 1 aliphatic carbocycles. The fourth-order valence-corrected chi connectivity index (χ4v) is 3.20. The van der Waals surface area contributed by atoms with Gasteiger partial charge < -0.3 is 4.74 Å². The van der Waals surface area contributed by atoms with Gasteiger partial charge in [-0.25, -0.2) is 9.67 Å². The summed E-state index contributed by atoms with van der Waals surface area (Å²) in [6.45, 7) is 4.32. The Hall–Kier alpha value is -1.94. The molecule has 1 aromatic carbocycles. The van der Waals surface area contributed by atoms with E-state index in [1.165, 1.54) is 5.56 Å². The summed E-state index contributed by atoms with van der Waals surface area (Å²) in [6.07, 6.45) is 8.34. The highest BCUT2D eigenvalue weighted by Crippen LogP contribution is 2.49. The van der Waals surface area contributed by atoms with Gasteiger partial charge in [0.1, 0.15) is 18.3 Å². The van der Waals surface area contributed by atoms with E-state index < -0.39 is 0 Å². The van der Waals surface area contributed by atoms with Gasteiger partial charge in [-0.15, -0.1) is 6.58 Å². The van der Waals surface area contributed by atoms with E-state index in [4.69, 9.17) is 4.74 Å². The summed E-state index contributed by atoms with van der Waals surface area (Å²) in [6, 6.07) is 10.6. The zero-order chi connectivity index (χ0) is 13.8. The van der Waals surface area contributed by atoms with Gasteiger partial charge in [-0.1, -0.05) is 36.4 Å². The zero-order valence-corrected chi connectivity index (χ0v) is 11.5. The molecule has 1 aromatic heterocycles. The van der Waals surface area contributed by atoms with E-state index in [0.29, 0.717) is 6.61 Å². The zero-order valence-electron chi connectivity index (χ0n) is 11.5. The van der Waals surface area contributed by atoms with Crippen molar-refractivity contribution in [3.63, 3.8) is 0 Å². The van der Waals surface area contributed by atoms with Crippen molar-refractivity contribution in [1.82, 2.24) is 14.8 Å². The molecule has 104 valence electrons. The second kappa shape index (κ2) is 5.59. The highest BCUT2D eigenvalue weighted by atomic mass is 16.5. The minimum Gasteiger partial charge on any atom is -0.364 e. The summed E-state index contributed by atoms with van der Waals surface area (Å²) in [5.41, 5.74) is 0.878. The van der Waals surface area contributed by atoms with E-state index in [1.54, 1.807) is 18.7 Å². The number of rotatable bonds is 5. The molecule has 1 fully saturated rings. The minimum absolute atomic E-state index is 0.187. The average Bonchev–Trinajstić information content (AvgIpc) is 3.15. The standard InChI is InChI=1S/C16H19N3O/c1-2-11-20-16(14-7-4-3-5-8-14)10-6-9-15(16)19-13-17-12-18-19/h2-5,7-8,12-13,15H,1,6,9-11H2. The summed E-state index contributed by atoms with van der Waals surface area (Å²) < 4.78 is 8.19. The van der Waals surface area contributed by atoms with Crippen LogP contribution in [0.2, 0.25) is 0 Å². The van der Waals surface area contributed by atoms with Gasteiger partial charge in [0.25, 0.3) is 0 Å². The second-order valence-electron chi connectivity index (χ2n) is 5.14. The van der Waals surface area contributed by atoms with Crippen molar-refractivity contribution in [2.24, 2.45) is 0 Å². The third-order valence-electron chi connectivity index (χ3n) is 4.04. The van der Waals surface area contributed by atoms with Crippen LogP contribution < -0.4 is 0 Å². The highest BCUT2D eigenvalue weighted by molar-refractivity contribution is 5.26. The van der Waals surface area contributed by atoms with Crippen molar-refractivity contribution in [1.29, 1.82) is 0 Å². The maximum Gasteiger partial charge on any atom is 0.137 e. The predicted molar refractivity (Wildman–Crippen MR) is 77.2 cm³/mol.